The summed E-state index contributed by atoms with van der Waals surface area (Å²) in [6.07, 6.45) is 9.72. The molecule has 0 N–H and O–H groups in total. The Labute approximate surface area is 162 Å². The van der Waals surface area contributed by atoms with Crippen LogP contribution in [-0.2, 0) is 18.4 Å². The molecular formula is C22H28ClNO2. The molecule has 4 heteroatoms. The van der Waals surface area contributed by atoms with Crippen molar-refractivity contribution in [1.29, 1.82) is 0 Å². The van der Waals surface area contributed by atoms with Crippen molar-refractivity contribution in [3.8, 4) is 5.75 Å². The summed E-state index contributed by atoms with van der Waals surface area (Å²) >= 11 is 0. The SMILES string of the molecule is COc1ccc2c(c1)[C@@]13CCCC[C@H]1[C@@H](C2)N(Cc1ccco1)CC3.Cl. The molecule has 2 heterocycles. The number of rotatable bonds is 3. The number of piperidine rings is 1. The monoisotopic (exact) mass is 373 g/mol. The number of halogens is 1. The standard InChI is InChI=1S/C22H27NO2.ClH/c1-24-17-8-7-16-13-21-19-6-2-3-9-22(19,20(16)14-17)10-11-23(21)15-18-5-4-12-25-18;/h4-5,7-8,12,14,19,21H,2-3,6,9-11,13,15H2,1H3;1H/t19-,21+,22+;/m0./s1. The maximum atomic E-state index is 5.65. The topological polar surface area (TPSA) is 25.6 Å². The van der Waals surface area contributed by atoms with Crippen LogP contribution in [0.3, 0.4) is 0 Å². The van der Waals surface area contributed by atoms with Crippen LogP contribution in [0.2, 0.25) is 0 Å². The Morgan fingerprint density at radius 2 is 2.15 bits per heavy atom. The highest BCUT2D eigenvalue weighted by Crippen LogP contribution is 2.56. The fourth-order valence-corrected chi connectivity index (χ4v) is 5.99. The summed E-state index contributed by atoms with van der Waals surface area (Å²) in [5.74, 6) is 2.90. The third-order valence-electron chi connectivity index (χ3n) is 7.10. The zero-order valence-electron chi connectivity index (χ0n) is 15.4. The number of nitrogens with zero attached hydrogens (tertiary/aromatic N) is 1. The van der Waals surface area contributed by atoms with Gasteiger partial charge in [0.2, 0.25) is 0 Å². The van der Waals surface area contributed by atoms with Gasteiger partial charge in [-0.1, -0.05) is 18.9 Å². The molecule has 1 aliphatic heterocycles. The molecule has 3 atom stereocenters. The molecule has 1 saturated heterocycles. The van der Waals surface area contributed by atoms with E-state index >= 15 is 0 Å². The highest BCUT2D eigenvalue weighted by atomic mass is 35.5. The van der Waals surface area contributed by atoms with E-state index in [1.165, 1.54) is 45.1 Å². The quantitative estimate of drug-likeness (QED) is 0.759. The van der Waals surface area contributed by atoms with Crippen molar-refractivity contribution in [2.75, 3.05) is 13.7 Å². The average Bonchev–Trinajstić information content (AvgIpc) is 3.17. The number of furan rings is 1. The summed E-state index contributed by atoms with van der Waals surface area (Å²) in [6, 6.07) is 11.6. The molecule has 26 heavy (non-hydrogen) atoms. The largest absolute Gasteiger partial charge is 0.497 e. The van der Waals surface area contributed by atoms with Crippen molar-refractivity contribution in [2.45, 2.75) is 56.5 Å². The van der Waals surface area contributed by atoms with Gasteiger partial charge in [0.1, 0.15) is 11.5 Å². The van der Waals surface area contributed by atoms with Crippen LogP contribution in [0.5, 0.6) is 5.75 Å². The van der Waals surface area contributed by atoms with Crippen LogP contribution in [0.25, 0.3) is 0 Å². The molecule has 1 aromatic carbocycles. The first-order valence-electron chi connectivity index (χ1n) is 9.74. The van der Waals surface area contributed by atoms with Gasteiger partial charge in [-0.05, 0) is 73.5 Å². The van der Waals surface area contributed by atoms with Gasteiger partial charge in [0.25, 0.3) is 0 Å². The minimum atomic E-state index is 0. The number of fused-ring (bicyclic) bond motifs is 1. The maximum absolute atomic E-state index is 5.65. The molecule has 2 fully saturated rings. The van der Waals surface area contributed by atoms with Crippen LogP contribution in [0.15, 0.2) is 41.0 Å². The Hall–Kier alpha value is -1.45. The molecular weight excluding hydrogens is 346 g/mol. The van der Waals surface area contributed by atoms with E-state index in [2.05, 4.69) is 29.2 Å². The van der Waals surface area contributed by atoms with E-state index in [0.717, 1.165) is 24.0 Å². The molecule has 0 radical (unpaired) electrons. The summed E-state index contributed by atoms with van der Waals surface area (Å²) in [4.78, 5) is 2.69. The van der Waals surface area contributed by atoms with E-state index in [-0.39, 0.29) is 12.4 Å². The molecule has 2 aliphatic carbocycles. The van der Waals surface area contributed by atoms with Crippen LogP contribution in [0.1, 0.15) is 49.0 Å². The first-order valence-corrected chi connectivity index (χ1v) is 9.74. The van der Waals surface area contributed by atoms with Crippen LogP contribution in [-0.4, -0.2) is 24.6 Å². The van der Waals surface area contributed by atoms with Crippen LogP contribution < -0.4 is 4.74 Å². The minimum absolute atomic E-state index is 0. The Bertz CT molecular complexity index is 760. The fourth-order valence-electron chi connectivity index (χ4n) is 5.99. The van der Waals surface area contributed by atoms with E-state index in [1.54, 1.807) is 24.5 Å². The van der Waals surface area contributed by atoms with Crippen LogP contribution in [0.4, 0.5) is 0 Å². The number of benzene rings is 1. The van der Waals surface area contributed by atoms with E-state index in [1.807, 2.05) is 6.07 Å². The van der Waals surface area contributed by atoms with E-state index in [4.69, 9.17) is 9.15 Å². The lowest BCUT2D eigenvalue weighted by atomic mass is 9.52. The molecule has 0 amide bonds. The van der Waals surface area contributed by atoms with Crippen molar-refractivity contribution in [3.63, 3.8) is 0 Å². The predicted molar refractivity (Wildman–Crippen MR) is 105 cm³/mol. The normalized spacial score (nSPS) is 30.0. The lowest BCUT2D eigenvalue weighted by Gasteiger charge is -2.59. The smallest absolute Gasteiger partial charge is 0.119 e. The third kappa shape index (κ3) is 2.68. The molecule has 140 valence electrons. The van der Waals surface area contributed by atoms with Crippen molar-refractivity contribution in [2.24, 2.45) is 5.92 Å². The molecule has 1 saturated carbocycles. The van der Waals surface area contributed by atoms with Crippen molar-refractivity contribution in [3.05, 3.63) is 53.5 Å². The second-order valence-electron chi connectivity index (χ2n) is 8.10. The molecule has 3 aliphatic rings. The first-order chi connectivity index (χ1) is 12.3. The van der Waals surface area contributed by atoms with Crippen LogP contribution in [0, 0.1) is 5.92 Å². The van der Waals surface area contributed by atoms with Gasteiger partial charge in [0, 0.05) is 11.5 Å². The maximum Gasteiger partial charge on any atom is 0.119 e. The predicted octanol–water partition coefficient (Wildman–Crippen LogP) is 4.97. The van der Waals surface area contributed by atoms with Crippen molar-refractivity contribution in [1.82, 2.24) is 4.90 Å². The van der Waals surface area contributed by atoms with Gasteiger partial charge >= 0.3 is 0 Å². The number of likely N-dealkylation sites (tertiary alicyclic amines) is 1. The number of hydrogen-bond donors (Lipinski definition) is 0. The number of ether oxygens (including phenoxy) is 1. The average molecular weight is 374 g/mol. The third-order valence-corrected chi connectivity index (χ3v) is 7.10. The van der Waals surface area contributed by atoms with Gasteiger partial charge < -0.3 is 9.15 Å². The fraction of sp³-hybridized carbons (Fsp3) is 0.545. The van der Waals surface area contributed by atoms with Crippen molar-refractivity contribution >= 4 is 12.4 Å². The van der Waals surface area contributed by atoms with E-state index in [0.29, 0.717) is 11.5 Å². The minimum Gasteiger partial charge on any atom is -0.497 e. The van der Waals surface area contributed by atoms with Crippen molar-refractivity contribution < 1.29 is 9.15 Å². The first kappa shape index (κ1) is 17.9. The molecule has 0 unspecified atom stereocenters. The lowest BCUT2D eigenvalue weighted by molar-refractivity contribution is -0.0185. The van der Waals surface area contributed by atoms with Gasteiger partial charge in [0.05, 0.1) is 19.9 Å². The highest BCUT2D eigenvalue weighted by molar-refractivity contribution is 5.85. The Morgan fingerprint density at radius 1 is 1.23 bits per heavy atom. The van der Waals surface area contributed by atoms with Crippen LogP contribution >= 0.6 is 12.4 Å². The number of methoxy groups -OCH3 is 1. The summed E-state index contributed by atoms with van der Waals surface area (Å²) in [7, 11) is 1.79. The second-order valence-corrected chi connectivity index (χ2v) is 8.10. The van der Waals surface area contributed by atoms with Gasteiger partial charge in [0.15, 0.2) is 0 Å². The van der Waals surface area contributed by atoms with E-state index in [9.17, 15) is 0 Å². The molecule has 1 aromatic heterocycles. The summed E-state index contributed by atoms with van der Waals surface area (Å²) in [5, 5.41) is 0. The summed E-state index contributed by atoms with van der Waals surface area (Å²) < 4.78 is 11.2. The van der Waals surface area contributed by atoms with E-state index < -0.39 is 0 Å². The highest BCUT2D eigenvalue weighted by Gasteiger charge is 2.53. The van der Waals surface area contributed by atoms with Gasteiger partial charge in [-0.3, -0.25) is 4.90 Å². The lowest BCUT2D eigenvalue weighted by Crippen LogP contribution is -2.60. The zero-order valence-corrected chi connectivity index (χ0v) is 16.3. The summed E-state index contributed by atoms with van der Waals surface area (Å²) in [6.45, 7) is 2.13. The molecule has 5 rings (SSSR count). The molecule has 0 spiro atoms. The zero-order chi connectivity index (χ0) is 16.9. The van der Waals surface area contributed by atoms with Gasteiger partial charge in [-0.2, -0.15) is 0 Å². The second kappa shape index (κ2) is 6.94. The number of hydrogen-bond acceptors (Lipinski definition) is 3. The molecule has 2 bridgehead atoms. The van der Waals surface area contributed by atoms with Gasteiger partial charge in [-0.25, -0.2) is 0 Å². The Morgan fingerprint density at radius 3 is 2.96 bits per heavy atom. The summed E-state index contributed by atoms with van der Waals surface area (Å²) in [5.41, 5.74) is 3.53. The van der Waals surface area contributed by atoms with Gasteiger partial charge in [-0.15, -0.1) is 12.4 Å². The molecule has 2 aromatic rings. The Balaban J connectivity index is 0.00000168. The Kier molecular flexibility index (Phi) is 4.79. The molecule has 3 nitrogen and oxygen atoms in total.